The van der Waals surface area contributed by atoms with Gasteiger partial charge in [0.2, 0.25) is 5.95 Å². The lowest BCUT2D eigenvalue weighted by molar-refractivity contribution is -0.0511. The van der Waals surface area contributed by atoms with E-state index in [-0.39, 0.29) is 5.95 Å². The molecule has 0 spiro atoms. The molecule has 0 unspecified atom stereocenters. The van der Waals surface area contributed by atoms with Crippen LogP contribution in [0.5, 0.6) is 0 Å². The summed E-state index contributed by atoms with van der Waals surface area (Å²) in [6.45, 7) is -0.395. The van der Waals surface area contributed by atoms with E-state index in [1.165, 1.54) is 10.9 Å². The lowest BCUT2D eigenvalue weighted by Gasteiger charge is -2.19. The van der Waals surface area contributed by atoms with Crippen molar-refractivity contribution in [2.75, 3.05) is 24.3 Å². The molecular weight excluding hydrogens is 316 g/mol. The fourth-order valence-corrected chi connectivity index (χ4v) is 3.09. The monoisotopic (exact) mass is 336 g/mol. The van der Waals surface area contributed by atoms with Crippen molar-refractivity contribution in [3.05, 3.63) is 6.33 Å². The number of nitrogen functional groups attached to an aromatic ring is 1. The number of imidazole rings is 1. The summed E-state index contributed by atoms with van der Waals surface area (Å²) in [5.74, 6) is 0.726. The van der Waals surface area contributed by atoms with Crippen molar-refractivity contribution in [3.63, 3.8) is 0 Å². The van der Waals surface area contributed by atoms with E-state index in [0.717, 1.165) is 12.8 Å². The average Bonchev–Trinajstić information content (AvgIpc) is 3.28. The van der Waals surface area contributed by atoms with Crippen molar-refractivity contribution < 1.29 is 20.1 Å². The van der Waals surface area contributed by atoms with Gasteiger partial charge in [-0.05, 0) is 12.8 Å². The maximum Gasteiger partial charge on any atom is 0.224 e. The highest BCUT2D eigenvalue weighted by Gasteiger charge is 2.44. The van der Waals surface area contributed by atoms with Gasteiger partial charge >= 0.3 is 0 Å². The zero-order valence-corrected chi connectivity index (χ0v) is 13.1. The summed E-state index contributed by atoms with van der Waals surface area (Å²) in [4.78, 5) is 14.9. The first-order chi connectivity index (χ1) is 11.5. The van der Waals surface area contributed by atoms with Gasteiger partial charge in [0, 0.05) is 13.1 Å². The van der Waals surface area contributed by atoms with Crippen molar-refractivity contribution in [2.45, 2.75) is 43.4 Å². The Bertz CT molecular complexity index is 763. The van der Waals surface area contributed by atoms with Crippen molar-refractivity contribution in [2.24, 2.45) is 0 Å². The maximum absolute atomic E-state index is 10.2. The number of fused-ring (bicyclic) bond motifs is 1. The zero-order chi connectivity index (χ0) is 17.0. The molecular formula is C14H20N6O4. The second kappa shape index (κ2) is 5.52. The standard InChI is InChI=1S/C14H20N6O4/c1-19(6-2-3-6)11-8-12(18-14(15)17-11)20(5-16-8)13-10(23)9(22)7(4-21)24-13/h5-7,9-10,13,21-23H,2-4H2,1H3,(H2,15,17,18)/t7-,9-,10-,13-/m1/s1. The molecule has 4 atom stereocenters. The number of anilines is 2. The molecule has 3 heterocycles. The van der Waals surface area contributed by atoms with Crippen LogP contribution in [0, 0.1) is 0 Å². The van der Waals surface area contributed by atoms with E-state index in [9.17, 15) is 15.3 Å². The molecule has 10 heteroatoms. The molecule has 5 N–H and O–H groups in total. The van der Waals surface area contributed by atoms with E-state index in [4.69, 9.17) is 10.5 Å². The first-order valence-electron chi connectivity index (χ1n) is 7.86. The summed E-state index contributed by atoms with van der Waals surface area (Å²) in [6, 6.07) is 0.418. The molecule has 1 aliphatic carbocycles. The molecule has 0 amide bonds. The highest BCUT2D eigenvalue weighted by Crippen LogP contribution is 2.35. The lowest BCUT2D eigenvalue weighted by atomic mass is 10.1. The molecule has 10 nitrogen and oxygen atoms in total. The predicted octanol–water partition coefficient (Wildman–Crippen LogP) is -1.38. The minimum atomic E-state index is -1.21. The molecule has 1 aliphatic heterocycles. The van der Waals surface area contributed by atoms with Crippen molar-refractivity contribution in [1.82, 2.24) is 19.5 Å². The number of aliphatic hydroxyl groups excluding tert-OH is 3. The van der Waals surface area contributed by atoms with Crippen LogP contribution in [-0.4, -0.2) is 72.8 Å². The molecule has 0 radical (unpaired) electrons. The molecule has 2 aromatic rings. The smallest absolute Gasteiger partial charge is 0.224 e. The van der Waals surface area contributed by atoms with Crippen LogP contribution in [0.25, 0.3) is 11.2 Å². The number of ether oxygens (including phenoxy) is 1. The third-order valence-corrected chi connectivity index (χ3v) is 4.64. The number of aromatic nitrogens is 4. The number of hydrogen-bond acceptors (Lipinski definition) is 9. The van der Waals surface area contributed by atoms with E-state index >= 15 is 0 Å². The van der Waals surface area contributed by atoms with Gasteiger partial charge in [-0.3, -0.25) is 4.57 Å². The Morgan fingerprint density at radius 3 is 2.71 bits per heavy atom. The molecule has 2 fully saturated rings. The number of hydrogen-bond donors (Lipinski definition) is 4. The number of nitrogens with two attached hydrogens (primary N) is 1. The molecule has 2 aromatic heterocycles. The Kier molecular flexibility index (Phi) is 3.57. The Hall–Kier alpha value is -2.01. The third kappa shape index (κ3) is 2.30. The van der Waals surface area contributed by atoms with Crippen LogP contribution in [0.2, 0.25) is 0 Å². The van der Waals surface area contributed by atoms with Crippen LogP contribution in [0.3, 0.4) is 0 Å². The summed E-state index contributed by atoms with van der Waals surface area (Å²) in [6.07, 6.45) is -0.505. The minimum absolute atomic E-state index is 0.0958. The Morgan fingerprint density at radius 2 is 2.08 bits per heavy atom. The zero-order valence-electron chi connectivity index (χ0n) is 13.1. The molecule has 0 bridgehead atoms. The summed E-state index contributed by atoms with van der Waals surface area (Å²) in [5, 5.41) is 29.4. The van der Waals surface area contributed by atoms with E-state index in [1.807, 2.05) is 11.9 Å². The quantitative estimate of drug-likeness (QED) is 0.531. The molecule has 2 aliphatic rings. The number of rotatable bonds is 4. The number of nitrogens with zero attached hydrogens (tertiary/aromatic N) is 5. The molecule has 24 heavy (non-hydrogen) atoms. The van der Waals surface area contributed by atoms with Gasteiger partial charge in [-0.1, -0.05) is 0 Å². The predicted molar refractivity (Wildman–Crippen MR) is 84.2 cm³/mol. The lowest BCUT2D eigenvalue weighted by Crippen LogP contribution is -2.33. The SMILES string of the molecule is CN(c1nc(N)nc2c1ncn2[C@@H]1O[C@H](CO)[C@@H](O)[C@H]1O)C1CC1. The van der Waals surface area contributed by atoms with Crippen LogP contribution >= 0.6 is 0 Å². The van der Waals surface area contributed by atoms with Crippen LogP contribution < -0.4 is 10.6 Å². The maximum atomic E-state index is 10.2. The second-order valence-electron chi connectivity index (χ2n) is 6.30. The minimum Gasteiger partial charge on any atom is -0.394 e. The van der Waals surface area contributed by atoms with Crippen molar-refractivity contribution in [3.8, 4) is 0 Å². The molecule has 0 aromatic carbocycles. The van der Waals surface area contributed by atoms with E-state index in [1.54, 1.807) is 0 Å². The summed E-state index contributed by atoms with van der Waals surface area (Å²) >= 11 is 0. The van der Waals surface area contributed by atoms with Crippen molar-refractivity contribution >= 4 is 22.9 Å². The Morgan fingerprint density at radius 1 is 1.33 bits per heavy atom. The normalized spacial score (nSPS) is 30.2. The Labute approximate surface area is 137 Å². The highest BCUT2D eigenvalue weighted by atomic mass is 16.6. The topological polar surface area (TPSA) is 143 Å². The van der Waals surface area contributed by atoms with Crippen LogP contribution in [0.15, 0.2) is 6.33 Å². The van der Waals surface area contributed by atoms with Gasteiger partial charge in [0.1, 0.15) is 18.3 Å². The van der Waals surface area contributed by atoms with Gasteiger partial charge in [-0.15, -0.1) is 0 Å². The molecule has 130 valence electrons. The molecule has 1 saturated carbocycles. The first-order valence-corrected chi connectivity index (χ1v) is 7.86. The molecule has 4 rings (SSSR count). The largest absolute Gasteiger partial charge is 0.394 e. The first kappa shape index (κ1) is 15.5. The van der Waals surface area contributed by atoms with Crippen LogP contribution in [0.4, 0.5) is 11.8 Å². The van der Waals surface area contributed by atoms with E-state index in [0.29, 0.717) is 23.0 Å². The number of aliphatic hydroxyl groups is 3. The van der Waals surface area contributed by atoms with Gasteiger partial charge < -0.3 is 30.7 Å². The van der Waals surface area contributed by atoms with Gasteiger partial charge in [-0.2, -0.15) is 9.97 Å². The van der Waals surface area contributed by atoms with E-state index < -0.39 is 31.1 Å². The van der Waals surface area contributed by atoms with Crippen molar-refractivity contribution in [1.29, 1.82) is 0 Å². The van der Waals surface area contributed by atoms with Crippen LogP contribution in [-0.2, 0) is 4.74 Å². The summed E-state index contributed by atoms with van der Waals surface area (Å²) in [5.41, 5.74) is 6.81. The van der Waals surface area contributed by atoms with Gasteiger partial charge in [0.15, 0.2) is 23.2 Å². The highest BCUT2D eigenvalue weighted by molar-refractivity contribution is 5.85. The summed E-state index contributed by atoms with van der Waals surface area (Å²) < 4.78 is 7.06. The van der Waals surface area contributed by atoms with Gasteiger partial charge in [0.25, 0.3) is 0 Å². The molecule has 1 saturated heterocycles. The van der Waals surface area contributed by atoms with E-state index in [2.05, 4.69) is 15.0 Å². The summed E-state index contributed by atoms with van der Waals surface area (Å²) in [7, 11) is 1.93. The Balaban J connectivity index is 1.78. The third-order valence-electron chi connectivity index (χ3n) is 4.64. The van der Waals surface area contributed by atoms with Crippen LogP contribution in [0.1, 0.15) is 19.1 Å². The average molecular weight is 336 g/mol. The fraction of sp³-hybridized carbons (Fsp3) is 0.643. The fourth-order valence-electron chi connectivity index (χ4n) is 3.09. The second-order valence-corrected chi connectivity index (χ2v) is 6.30. The van der Waals surface area contributed by atoms with Gasteiger partial charge in [-0.25, -0.2) is 4.98 Å². The van der Waals surface area contributed by atoms with Gasteiger partial charge in [0.05, 0.1) is 12.9 Å².